The molecule has 3 aromatic rings. The van der Waals surface area contributed by atoms with Crippen molar-refractivity contribution in [3.63, 3.8) is 0 Å². The quantitative estimate of drug-likeness (QED) is 0.703. The number of fused-ring (bicyclic) bond motifs is 3. The number of benzene rings is 2. The molecule has 23 heavy (non-hydrogen) atoms. The summed E-state index contributed by atoms with van der Waals surface area (Å²) in [4.78, 5) is 3.37. The zero-order valence-electron chi connectivity index (χ0n) is 12.5. The van der Waals surface area contributed by atoms with Gasteiger partial charge in [0.25, 0.3) is 0 Å². The maximum Gasteiger partial charge on any atom is 0.139 e. The van der Waals surface area contributed by atoms with Gasteiger partial charge in [0.1, 0.15) is 11.5 Å². The highest BCUT2D eigenvalue weighted by Gasteiger charge is 2.30. The second kappa shape index (κ2) is 4.75. The van der Waals surface area contributed by atoms with Crippen molar-refractivity contribution in [1.82, 2.24) is 4.98 Å². The van der Waals surface area contributed by atoms with E-state index in [0.717, 1.165) is 23.4 Å². The molecule has 0 aliphatic heterocycles. The minimum absolute atomic E-state index is 0.883. The molecule has 1 heterocycles. The Morgan fingerprint density at radius 1 is 0.826 bits per heavy atom. The molecule has 0 amide bonds. The lowest BCUT2D eigenvalue weighted by Crippen LogP contribution is -2.00. The number of hydrogen-bond acceptors (Lipinski definition) is 1. The Hall–Kier alpha value is -3.00. The Kier molecular flexibility index (Phi) is 2.59. The Morgan fingerprint density at radius 3 is 2.52 bits per heavy atom. The van der Waals surface area contributed by atoms with Crippen LogP contribution >= 0.6 is 0 Å². The van der Waals surface area contributed by atoms with Crippen molar-refractivity contribution in [3.8, 4) is 5.75 Å². The Bertz CT molecular complexity index is 1000. The highest BCUT2D eigenvalue weighted by Crippen LogP contribution is 2.46. The monoisotopic (exact) mass is 297 g/mol. The summed E-state index contributed by atoms with van der Waals surface area (Å²) in [5.74, 6) is 1.88. The fraction of sp³-hybridized carbons (Fsp3) is 0.0476. The summed E-state index contributed by atoms with van der Waals surface area (Å²) < 4.78 is 6.25. The van der Waals surface area contributed by atoms with Crippen LogP contribution in [0.15, 0.2) is 89.9 Å². The molecule has 0 saturated heterocycles. The maximum absolute atomic E-state index is 6.25. The predicted octanol–water partition coefficient (Wildman–Crippen LogP) is 5.23. The molecule has 0 spiro atoms. The lowest BCUT2D eigenvalue weighted by atomic mass is 9.99. The van der Waals surface area contributed by atoms with Crippen molar-refractivity contribution in [2.24, 2.45) is 0 Å². The summed E-state index contributed by atoms with van der Waals surface area (Å²) in [6.07, 6.45) is 7.45. The van der Waals surface area contributed by atoms with Gasteiger partial charge in [-0.25, -0.2) is 0 Å². The van der Waals surface area contributed by atoms with Crippen LogP contribution in [-0.4, -0.2) is 4.98 Å². The van der Waals surface area contributed by atoms with Gasteiger partial charge in [0, 0.05) is 34.7 Å². The number of allylic oxidation sites excluding steroid dienone is 5. The van der Waals surface area contributed by atoms with Gasteiger partial charge >= 0.3 is 0 Å². The lowest BCUT2D eigenvalue weighted by Gasteiger charge is -2.14. The first kappa shape index (κ1) is 12.5. The number of nitrogens with one attached hydrogen (secondary N) is 1. The van der Waals surface area contributed by atoms with Crippen molar-refractivity contribution < 1.29 is 4.74 Å². The highest BCUT2D eigenvalue weighted by atomic mass is 16.5. The van der Waals surface area contributed by atoms with E-state index in [1.807, 2.05) is 30.3 Å². The molecule has 110 valence electrons. The summed E-state index contributed by atoms with van der Waals surface area (Å²) in [5.41, 5.74) is 6.22. The van der Waals surface area contributed by atoms with Crippen molar-refractivity contribution in [1.29, 1.82) is 0 Å². The first-order chi connectivity index (χ1) is 11.4. The van der Waals surface area contributed by atoms with E-state index in [1.165, 1.54) is 27.7 Å². The average molecular weight is 297 g/mol. The number of rotatable bonds is 3. The Balaban J connectivity index is 1.65. The third-order valence-corrected chi connectivity index (χ3v) is 4.53. The Labute approximate surface area is 134 Å². The molecule has 2 bridgehead atoms. The number of aromatic nitrogens is 1. The molecule has 2 aromatic carbocycles. The van der Waals surface area contributed by atoms with E-state index in [4.69, 9.17) is 4.74 Å². The van der Waals surface area contributed by atoms with Gasteiger partial charge in [-0.15, -0.1) is 0 Å². The van der Waals surface area contributed by atoms with Gasteiger partial charge < -0.3 is 9.72 Å². The predicted molar refractivity (Wildman–Crippen MR) is 93.1 cm³/mol. The molecule has 2 nitrogen and oxygen atoms in total. The molecule has 2 aliphatic rings. The number of ether oxygens (including phenoxy) is 1. The molecular formula is C21H15NO. The Morgan fingerprint density at radius 2 is 1.61 bits per heavy atom. The highest BCUT2D eigenvalue weighted by molar-refractivity contribution is 6.00. The summed E-state index contributed by atoms with van der Waals surface area (Å²) >= 11 is 0. The SMILES string of the molecule is C1=CC2=C(c3c[nH]c4ccccc34)C(Oc3ccccc3)=C1C2. The summed E-state index contributed by atoms with van der Waals surface area (Å²) in [6.45, 7) is 0. The fourth-order valence-electron chi connectivity index (χ4n) is 3.45. The molecule has 1 aromatic heterocycles. The van der Waals surface area contributed by atoms with Gasteiger partial charge in [0.05, 0.1) is 0 Å². The second-order valence-electron chi connectivity index (χ2n) is 5.93. The maximum atomic E-state index is 6.25. The van der Waals surface area contributed by atoms with Crippen molar-refractivity contribution >= 4 is 16.5 Å². The molecule has 0 atom stereocenters. The number of para-hydroxylation sites is 2. The molecular weight excluding hydrogens is 282 g/mol. The van der Waals surface area contributed by atoms with E-state index in [1.54, 1.807) is 0 Å². The molecule has 5 rings (SSSR count). The van der Waals surface area contributed by atoms with Crippen LogP contribution in [-0.2, 0) is 0 Å². The van der Waals surface area contributed by atoms with Gasteiger partial charge in [0.15, 0.2) is 0 Å². The second-order valence-corrected chi connectivity index (χ2v) is 5.93. The summed E-state index contributed by atoms with van der Waals surface area (Å²) in [5, 5.41) is 1.24. The number of aromatic amines is 1. The topological polar surface area (TPSA) is 25.0 Å². The van der Waals surface area contributed by atoms with Crippen LogP contribution in [0.25, 0.3) is 16.5 Å². The number of H-pyrrole nitrogens is 1. The standard InChI is InChI=1S/C21H15NO/c1-2-6-16(7-3-1)23-21-15-11-10-14(12-15)20(21)18-13-22-19-9-5-4-8-17(18)19/h1-11,13,22H,12H2. The van der Waals surface area contributed by atoms with E-state index < -0.39 is 0 Å². The molecule has 0 fully saturated rings. The van der Waals surface area contributed by atoms with Crippen LogP contribution < -0.4 is 4.74 Å². The van der Waals surface area contributed by atoms with Crippen molar-refractivity contribution in [2.45, 2.75) is 6.42 Å². The van der Waals surface area contributed by atoms with E-state index in [9.17, 15) is 0 Å². The first-order valence-corrected chi connectivity index (χ1v) is 7.84. The van der Waals surface area contributed by atoms with Crippen LogP contribution in [0.2, 0.25) is 0 Å². The van der Waals surface area contributed by atoms with Crippen LogP contribution in [0, 0.1) is 0 Å². The molecule has 2 aliphatic carbocycles. The van der Waals surface area contributed by atoms with Crippen molar-refractivity contribution in [3.05, 3.63) is 95.4 Å². The summed E-state index contributed by atoms with van der Waals surface area (Å²) in [6, 6.07) is 18.4. The molecule has 0 saturated carbocycles. The van der Waals surface area contributed by atoms with Crippen LogP contribution in [0.4, 0.5) is 0 Å². The van der Waals surface area contributed by atoms with Gasteiger partial charge in [-0.05, 0) is 29.3 Å². The molecule has 1 N–H and O–H groups in total. The normalized spacial score (nSPS) is 16.0. The minimum atomic E-state index is 0.883. The minimum Gasteiger partial charge on any atom is -0.456 e. The van der Waals surface area contributed by atoms with Crippen LogP contribution in [0.3, 0.4) is 0 Å². The van der Waals surface area contributed by atoms with Crippen LogP contribution in [0.1, 0.15) is 12.0 Å². The molecule has 0 unspecified atom stereocenters. The zero-order chi connectivity index (χ0) is 15.2. The largest absolute Gasteiger partial charge is 0.456 e. The smallest absolute Gasteiger partial charge is 0.139 e. The zero-order valence-corrected chi connectivity index (χ0v) is 12.5. The fourth-order valence-corrected chi connectivity index (χ4v) is 3.45. The van der Waals surface area contributed by atoms with Gasteiger partial charge in [-0.3, -0.25) is 0 Å². The first-order valence-electron chi connectivity index (χ1n) is 7.84. The van der Waals surface area contributed by atoms with E-state index in [2.05, 4.69) is 47.6 Å². The third-order valence-electron chi connectivity index (χ3n) is 4.53. The van der Waals surface area contributed by atoms with E-state index in [-0.39, 0.29) is 0 Å². The van der Waals surface area contributed by atoms with Gasteiger partial charge in [-0.1, -0.05) is 48.6 Å². The van der Waals surface area contributed by atoms with Gasteiger partial charge in [0.2, 0.25) is 0 Å². The van der Waals surface area contributed by atoms with Crippen molar-refractivity contribution in [2.75, 3.05) is 0 Å². The van der Waals surface area contributed by atoms with E-state index in [0.29, 0.717) is 0 Å². The van der Waals surface area contributed by atoms with Gasteiger partial charge in [-0.2, -0.15) is 0 Å². The third kappa shape index (κ3) is 1.88. The van der Waals surface area contributed by atoms with E-state index >= 15 is 0 Å². The lowest BCUT2D eigenvalue weighted by molar-refractivity contribution is 0.446. The average Bonchev–Trinajstić information content (AvgIpc) is 3.30. The van der Waals surface area contributed by atoms with Crippen LogP contribution in [0.5, 0.6) is 5.75 Å². The summed E-state index contributed by atoms with van der Waals surface area (Å²) in [7, 11) is 0. The number of hydrogen-bond donors (Lipinski definition) is 1. The molecule has 2 heteroatoms. The molecule has 0 radical (unpaired) electrons.